The monoisotopic (exact) mass is 260 g/mol. The molecule has 0 amide bonds. The maximum atomic E-state index is 6.00. The van der Waals surface area contributed by atoms with Crippen molar-refractivity contribution in [2.75, 3.05) is 13.1 Å². The van der Waals surface area contributed by atoms with E-state index in [1.54, 1.807) is 0 Å². The minimum atomic E-state index is 0.328. The molecule has 0 spiro atoms. The normalized spacial score (nSPS) is 26.9. The Labute approximate surface area is 118 Å². The van der Waals surface area contributed by atoms with E-state index in [4.69, 9.17) is 5.73 Å². The van der Waals surface area contributed by atoms with Crippen LogP contribution in [0, 0.1) is 11.8 Å². The smallest absolute Gasteiger partial charge is 0.0233 e. The molecule has 1 aromatic carbocycles. The zero-order chi connectivity index (χ0) is 13.7. The topological polar surface area (TPSA) is 29.3 Å². The van der Waals surface area contributed by atoms with Crippen LogP contribution in [0.25, 0.3) is 0 Å². The minimum Gasteiger partial charge on any atom is -0.328 e. The molecule has 1 saturated heterocycles. The van der Waals surface area contributed by atoms with Gasteiger partial charge < -0.3 is 5.73 Å². The van der Waals surface area contributed by atoms with Crippen LogP contribution in [0.1, 0.15) is 38.7 Å². The summed E-state index contributed by atoms with van der Waals surface area (Å²) >= 11 is 0. The fourth-order valence-corrected chi connectivity index (χ4v) is 3.30. The number of likely N-dealkylation sites (tertiary alicyclic amines) is 1. The van der Waals surface area contributed by atoms with Gasteiger partial charge in [0.05, 0.1) is 0 Å². The van der Waals surface area contributed by atoms with Gasteiger partial charge in [-0.15, -0.1) is 0 Å². The Morgan fingerprint density at radius 3 is 2.74 bits per heavy atom. The highest BCUT2D eigenvalue weighted by molar-refractivity contribution is 5.14. The van der Waals surface area contributed by atoms with E-state index in [0.717, 1.165) is 24.8 Å². The van der Waals surface area contributed by atoms with Crippen LogP contribution in [-0.4, -0.2) is 24.0 Å². The van der Waals surface area contributed by atoms with Crippen LogP contribution in [0.4, 0.5) is 0 Å². The molecule has 1 heterocycles. The third-order valence-electron chi connectivity index (χ3n) is 4.14. The summed E-state index contributed by atoms with van der Waals surface area (Å²) in [6.07, 6.45) is 3.82. The zero-order valence-electron chi connectivity index (χ0n) is 12.4. The van der Waals surface area contributed by atoms with Crippen molar-refractivity contribution in [3.63, 3.8) is 0 Å². The summed E-state index contributed by atoms with van der Waals surface area (Å²) in [5, 5.41) is 0. The van der Waals surface area contributed by atoms with E-state index < -0.39 is 0 Å². The fourth-order valence-electron chi connectivity index (χ4n) is 3.30. The Kier molecular flexibility index (Phi) is 5.41. The Morgan fingerprint density at radius 2 is 2.05 bits per heavy atom. The molecule has 2 heteroatoms. The standard InChI is InChI=1S/C17H28N2/c1-14-8-9-19(12-16-6-4-3-5-7-16)13-17(10-14)11-15(2)18/h3-7,14-15,17H,8-13,18H2,1-2H3. The SMILES string of the molecule is CC(N)CC1CC(C)CCN(Cc2ccccc2)C1. The van der Waals surface area contributed by atoms with Gasteiger partial charge in [0.15, 0.2) is 0 Å². The first-order valence-corrected chi connectivity index (χ1v) is 7.65. The van der Waals surface area contributed by atoms with E-state index in [2.05, 4.69) is 49.1 Å². The van der Waals surface area contributed by atoms with Gasteiger partial charge in [-0.25, -0.2) is 0 Å². The molecule has 0 radical (unpaired) electrons. The highest BCUT2D eigenvalue weighted by atomic mass is 15.1. The van der Waals surface area contributed by atoms with Crippen LogP contribution >= 0.6 is 0 Å². The van der Waals surface area contributed by atoms with Gasteiger partial charge in [0.2, 0.25) is 0 Å². The summed E-state index contributed by atoms with van der Waals surface area (Å²) in [6.45, 7) is 8.05. The van der Waals surface area contributed by atoms with Gasteiger partial charge in [-0.05, 0) is 50.1 Å². The summed E-state index contributed by atoms with van der Waals surface area (Å²) in [4.78, 5) is 2.62. The molecule has 0 bridgehead atoms. The summed E-state index contributed by atoms with van der Waals surface area (Å²) < 4.78 is 0. The molecule has 0 aliphatic carbocycles. The molecule has 19 heavy (non-hydrogen) atoms. The van der Waals surface area contributed by atoms with Gasteiger partial charge >= 0.3 is 0 Å². The summed E-state index contributed by atoms with van der Waals surface area (Å²) in [5.74, 6) is 1.60. The van der Waals surface area contributed by atoms with E-state index in [0.29, 0.717) is 6.04 Å². The van der Waals surface area contributed by atoms with Gasteiger partial charge in [0.25, 0.3) is 0 Å². The van der Waals surface area contributed by atoms with Crippen molar-refractivity contribution in [2.24, 2.45) is 17.6 Å². The molecule has 2 rings (SSSR count). The highest BCUT2D eigenvalue weighted by Gasteiger charge is 2.22. The summed E-state index contributed by atoms with van der Waals surface area (Å²) in [5.41, 5.74) is 7.43. The number of rotatable bonds is 4. The largest absolute Gasteiger partial charge is 0.328 e. The predicted molar refractivity (Wildman–Crippen MR) is 81.9 cm³/mol. The second-order valence-corrected chi connectivity index (χ2v) is 6.43. The molecule has 2 N–H and O–H groups in total. The van der Waals surface area contributed by atoms with Gasteiger partial charge in [0, 0.05) is 19.1 Å². The number of nitrogens with two attached hydrogens (primary N) is 1. The Morgan fingerprint density at radius 1 is 1.32 bits per heavy atom. The molecule has 1 aromatic rings. The molecular weight excluding hydrogens is 232 g/mol. The molecule has 1 aliphatic heterocycles. The van der Waals surface area contributed by atoms with E-state index in [1.807, 2.05) is 0 Å². The number of hydrogen-bond acceptors (Lipinski definition) is 2. The fraction of sp³-hybridized carbons (Fsp3) is 0.647. The van der Waals surface area contributed by atoms with Crippen molar-refractivity contribution in [1.82, 2.24) is 4.90 Å². The third-order valence-corrected chi connectivity index (χ3v) is 4.14. The van der Waals surface area contributed by atoms with Crippen LogP contribution in [-0.2, 0) is 6.54 Å². The Bertz CT molecular complexity index is 361. The third kappa shape index (κ3) is 4.96. The van der Waals surface area contributed by atoms with Crippen molar-refractivity contribution in [1.29, 1.82) is 0 Å². The summed E-state index contributed by atoms with van der Waals surface area (Å²) in [7, 11) is 0. The van der Waals surface area contributed by atoms with Gasteiger partial charge in [-0.2, -0.15) is 0 Å². The number of benzene rings is 1. The lowest BCUT2D eigenvalue weighted by atomic mass is 9.91. The van der Waals surface area contributed by atoms with Crippen molar-refractivity contribution in [2.45, 2.75) is 45.7 Å². The van der Waals surface area contributed by atoms with Crippen LogP contribution in [0.15, 0.2) is 30.3 Å². The van der Waals surface area contributed by atoms with E-state index >= 15 is 0 Å². The van der Waals surface area contributed by atoms with Crippen LogP contribution in [0.5, 0.6) is 0 Å². The second-order valence-electron chi connectivity index (χ2n) is 6.43. The Hall–Kier alpha value is -0.860. The molecule has 1 fully saturated rings. The lowest BCUT2D eigenvalue weighted by Gasteiger charge is -2.25. The van der Waals surface area contributed by atoms with Crippen molar-refractivity contribution in [3.05, 3.63) is 35.9 Å². The Balaban J connectivity index is 1.96. The van der Waals surface area contributed by atoms with E-state index in [1.165, 1.54) is 31.5 Å². The second kappa shape index (κ2) is 7.06. The molecule has 3 atom stereocenters. The van der Waals surface area contributed by atoms with Crippen LogP contribution < -0.4 is 5.73 Å². The first-order chi connectivity index (χ1) is 9.13. The molecule has 2 nitrogen and oxygen atoms in total. The van der Waals surface area contributed by atoms with Crippen molar-refractivity contribution in [3.8, 4) is 0 Å². The first kappa shape index (κ1) is 14.5. The van der Waals surface area contributed by atoms with E-state index in [9.17, 15) is 0 Å². The molecule has 0 saturated carbocycles. The first-order valence-electron chi connectivity index (χ1n) is 7.65. The number of hydrogen-bond donors (Lipinski definition) is 1. The lowest BCUT2D eigenvalue weighted by Crippen LogP contribution is -2.30. The zero-order valence-corrected chi connectivity index (χ0v) is 12.4. The van der Waals surface area contributed by atoms with Gasteiger partial charge in [-0.1, -0.05) is 37.3 Å². The molecule has 3 unspecified atom stereocenters. The average molecular weight is 260 g/mol. The van der Waals surface area contributed by atoms with Crippen molar-refractivity contribution >= 4 is 0 Å². The quantitative estimate of drug-likeness (QED) is 0.900. The van der Waals surface area contributed by atoms with Crippen molar-refractivity contribution < 1.29 is 0 Å². The van der Waals surface area contributed by atoms with Gasteiger partial charge in [-0.3, -0.25) is 4.90 Å². The molecule has 0 aromatic heterocycles. The van der Waals surface area contributed by atoms with Crippen LogP contribution in [0.2, 0.25) is 0 Å². The lowest BCUT2D eigenvalue weighted by molar-refractivity contribution is 0.230. The maximum Gasteiger partial charge on any atom is 0.0233 e. The van der Waals surface area contributed by atoms with Gasteiger partial charge in [0.1, 0.15) is 0 Å². The molecular formula is C17H28N2. The van der Waals surface area contributed by atoms with E-state index in [-0.39, 0.29) is 0 Å². The summed E-state index contributed by atoms with van der Waals surface area (Å²) in [6, 6.07) is 11.1. The number of nitrogens with zero attached hydrogens (tertiary/aromatic N) is 1. The maximum absolute atomic E-state index is 6.00. The predicted octanol–water partition coefficient (Wildman–Crippen LogP) is 3.27. The molecule has 1 aliphatic rings. The molecule has 106 valence electrons. The van der Waals surface area contributed by atoms with Crippen LogP contribution in [0.3, 0.4) is 0 Å². The average Bonchev–Trinajstić information content (AvgIpc) is 2.52. The minimum absolute atomic E-state index is 0.328. The highest BCUT2D eigenvalue weighted by Crippen LogP contribution is 2.25.